The number of nitrogens with one attached hydrogen (secondary N) is 2. The molecular weight excluding hydrogens is 338 g/mol. The second kappa shape index (κ2) is 7.78. The number of aliphatic hydroxyl groups is 1. The Balaban J connectivity index is 1.30. The highest BCUT2D eigenvalue weighted by atomic mass is 16.3. The number of benzene rings is 2. The van der Waals surface area contributed by atoms with E-state index in [-0.39, 0.29) is 0 Å². The third kappa shape index (κ3) is 4.10. The van der Waals surface area contributed by atoms with E-state index in [1.807, 2.05) is 60.7 Å². The van der Waals surface area contributed by atoms with Crippen LogP contribution in [0.5, 0.6) is 0 Å². The van der Waals surface area contributed by atoms with Crippen molar-refractivity contribution >= 4 is 11.0 Å². The number of fused-ring (bicyclic) bond motifs is 1. The van der Waals surface area contributed by atoms with E-state index < -0.39 is 6.10 Å². The number of H-pyrrole nitrogens is 1. The number of imidazole rings is 1. The van der Waals surface area contributed by atoms with Crippen molar-refractivity contribution in [2.75, 3.05) is 6.54 Å². The summed E-state index contributed by atoms with van der Waals surface area (Å²) in [6.45, 7) is 3.25. The second-order valence-corrected chi connectivity index (χ2v) is 6.69. The molecule has 5 heteroatoms. The molecule has 138 valence electrons. The topological polar surface area (TPSA) is 74.1 Å². The molecule has 0 saturated carbocycles. The lowest BCUT2D eigenvalue weighted by Crippen LogP contribution is -2.16. The molecule has 2 aromatic heterocycles. The zero-order chi connectivity index (χ0) is 18.6. The standard InChI is InChI=1S/C22H23N3O2/c1-15(26)16-6-8-17(9-7-16)21-11-10-18(27-21)14-23-13-12-22-24-19-4-2-3-5-20(19)25-22/h2-11,15,23,26H,12-14H2,1H3,(H,24,25)/t15-/m0/s1. The van der Waals surface area contributed by atoms with Crippen molar-refractivity contribution in [3.8, 4) is 11.3 Å². The van der Waals surface area contributed by atoms with Gasteiger partial charge in [0.2, 0.25) is 0 Å². The average Bonchev–Trinajstić information content (AvgIpc) is 3.32. The lowest BCUT2D eigenvalue weighted by Gasteiger charge is -2.05. The summed E-state index contributed by atoms with van der Waals surface area (Å²) < 4.78 is 5.92. The molecule has 2 aromatic carbocycles. The van der Waals surface area contributed by atoms with Crippen LogP contribution in [-0.2, 0) is 13.0 Å². The van der Waals surface area contributed by atoms with Gasteiger partial charge < -0.3 is 19.8 Å². The summed E-state index contributed by atoms with van der Waals surface area (Å²) in [5, 5.41) is 13.0. The van der Waals surface area contributed by atoms with Gasteiger partial charge in [0.05, 0.1) is 23.7 Å². The Morgan fingerprint density at radius 2 is 1.89 bits per heavy atom. The zero-order valence-electron chi connectivity index (χ0n) is 15.3. The summed E-state index contributed by atoms with van der Waals surface area (Å²) in [6.07, 6.45) is 0.380. The molecular formula is C22H23N3O2. The van der Waals surface area contributed by atoms with Gasteiger partial charge in [-0.3, -0.25) is 0 Å². The van der Waals surface area contributed by atoms with E-state index in [0.717, 1.165) is 52.5 Å². The van der Waals surface area contributed by atoms with Crippen molar-refractivity contribution in [2.24, 2.45) is 0 Å². The molecule has 0 bridgehead atoms. The van der Waals surface area contributed by atoms with Crippen LogP contribution in [0.25, 0.3) is 22.4 Å². The number of furan rings is 1. The Kier molecular flexibility index (Phi) is 5.05. The number of hydrogen-bond donors (Lipinski definition) is 3. The van der Waals surface area contributed by atoms with Crippen LogP contribution in [0.1, 0.15) is 30.2 Å². The number of hydrogen-bond acceptors (Lipinski definition) is 4. The highest BCUT2D eigenvalue weighted by Gasteiger charge is 2.07. The number of aromatic amines is 1. The van der Waals surface area contributed by atoms with Crippen molar-refractivity contribution in [3.05, 3.63) is 77.8 Å². The quantitative estimate of drug-likeness (QED) is 0.431. The van der Waals surface area contributed by atoms with Gasteiger partial charge in [0, 0.05) is 18.5 Å². The molecule has 0 aliphatic rings. The van der Waals surface area contributed by atoms with Crippen LogP contribution in [0.15, 0.2) is 65.1 Å². The molecule has 0 aliphatic carbocycles. The van der Waals surface area contributed by atoms with Crippen molar-refractivity contribution in [1.29, 1.82) is 0 Å². The molecule has 1 atom stereocenters. The molecule has 0 saturated heterocycles. The Hall–Kier alpha value is -2.89. The van der Waals surface area contributed by atoms with E-state index >= 15 is 0 Å². The van der Waals surface area contributed by atoms with Crippen LogP contribution in [-0.4, -0.2) is 21.6 Å². The van der Waals surface area contributed by atoms with Gasteiger partial charge in [0.25, 0.3) is 0 Å². The van der Waals surface area contributed by atoms with Crippen LogP contribution >= 0.6 is 0 Å². The molecule has 0 amide bonds. The van der Waals surface area contributed by atoms with Crippen LogP contribution in [0.2, 0.25) is 0 Å². The predicted octanol–water partition coefficient (Wildman–Crippen LogP) is 4.21. The first-order chi connectivity index (χ1) is 13.2. The van der Waals surface area contributed by atoms with Crippen molar-refractivity contribution in [1.82, 2.24) is 15.3 Å². The smallest absolute Gasteiger partial charge is 0.134 e. The van der Waals surface area contributed by atoms with E-state index in [0.29, 0.717) is 6.54 Å². The summed E-state index contributed by atoms with van der Waals surface area (Å²) in [6, 6.07) is 19.8. The maximum Gasteiger partial charge on any atom is 0.134 e. The van der Waals surface area contributed by atoms with Gasteiger partial charge in [0.1, 0.15) is 17.3 Å². The fourth-order valence-electron chi connectivity index (χ4n) is 3.10. The first-order valence-electron chi connectivity index (χ1n) is 9.20. The van der Waals surface area contributed by atoms with Gasteiger partial charge in [-0.2, -0.15) is 0 Å². The van der Waals surface area contributed by atoms with Gasteiger partial charge in [-0.25, -0.2) is 4.98 Å². The minimum absolute atomic E-state index is 0.456. The Morgan fingerprint density at radius 1 is 1.07 bits per heavy atom. The van der Waals surface area contributed by atoms with E-state index in [1.54, 1.807) is 6.92 Å². The fourth-order valence-corrected chi connectivity index (χ4v) is 3.10. The van der Waals surface area contributed by atoms with Gasteiger partial charge in [-0.05, 0) is 36.8 Å². The van der Waals surface area contributed by atoms with Gasteiger partial charge in [-0.15, -0.1) is 0 Å². The summed E-state index contributed by atoms with van der Waals surface area (Å²) in [5.41, 5.74) is 3.99. The van der Waals surface area contributed by atoms with Crippen molar-refractivity contribution in [2.45, 2.75) is 26.0 Å². The summed E-state index contributed by atoms with van der Waals surface area (Å²) in [5.74, 6) is 2.72. The fraction of sp³-hybridized carbons (Fsp3) is 0.227. The first kappa shape index (κ1) is 17.5. The maximum absolute atomic E-state index is 9.59. The van der Waals surface area contributed by atoms with Gasteiger partial charge in [-0.1, -0.05) is 36.4 Å². The molecule has 0 unspecified atom stereocenters. The maximum atomic E-state index is 9.59. The predicted molar refractivity (Wildman–Crippen MR) is 106 cm³/mol. The van der Waals surface area contributed by atoms with E-state index in [9.17, 15) is 5.11 Å². The summed E-state index contributed by atoms with van der Waals surface area (Å²) in [4.78, 5) is 7.92. The second-order valence-electron chi connectivity index (χ2n) is 6.69. The minimum atomic E-state index is -0.456. The third-order valence-corrected chi connectivity index (χ3v) is 4.62. The number of nitrogens with zero attached hydrogens (tertiary/aromatic N) is 1. The monoisotopic (exact) mass is 361 g/mol. The highest BCUT2D eigenvalue weighted by Crippen LogP contribution is 2.24. The summed E-state index contributed by atoms with van der Waals surface area (Å²) in [7, 11) is 0. The molecule has 0 spiro atoms. The molecule has 0 aliphatic heterocycles. The van der Waals surface area contributed by atoms with E-state index in [2.05, 4.69) is 15.3 Å². The van der Waals surface area contributed by atoms with Gasteiger partial charge >= 0.3 is 0 Å². The SMILES string of the molecule is C[C@H](O)c1ccc(-c2ccc(CNCCc3nc4ccccc4[nH]3)o2)cc1. The normalized spacial score (nSPS) is 12.5. The van der Waals surface area contributed by atoms with Crippen LogP contribution in [0.4, 0.5) is 0 Å². The molecule has 0 radical (unpaired) electrons. The molecule has 5 nitrogen and oxygen atoms in total. The Labute approximate surface area is 158 Å². The largest absolute Gasteiger partial charge is 0.460 e. The van der Waals surface area contributed by atoms with Crippen molar-refractivity contribution < 1.29 is 9.52 Å². The van der Waals surface area contributed by atoms with Crippen LogP contribution in [0, 0.1) is 0 Å². The highest BCUT2D eigenvalue weighted by molar-refractivity contribution is 5.74. The van der Waals surface area contributed by atoms with Crippen LogP contribution in [0.3, 0.4) is 0 Å². The first-order valence-corrected chi connectivity index (χ1v) is 9.20. The number of aliphatic hydroxyl groups excluding tert-OH is 1. The Bertz CT molecular complexity index is 982. The average molecular weight is 361 g/mol. The van der Waals surface area contributed by atoms with E-state index in [4.69, 9.17) is 4.42 Å². The molecule has 3 N–H and O–H groups in total. The van der Waals surface area contributed by atoms with E-state index in [1.165, 1.54) is 0 Å². The number of rotatable bonds is 7. The molecule has 0 fully saturated rings. The zero-order valence-corrected chi connectivity index (χ0v) is 15.3. The molecule has 4 rings (SSSR count). The third-order valence-electron chi connectivity index (χ3n) is 4.62. The van der Waals surface area contributed by atoms with Crippen molar-refractivity contribution in [3.63, 3.8) is 0 Å². The molecule has 2 heterocycles. The molecule has 27 heavy (non-hydrogen) atoms. The van der Waals surface area contributed by atoms with Gasteiger partial charge in [0.15, 0.2) is 0 Å². The number of aromatic nitrogens is 2. The van der Waals surface area contributed by atoms with Crippen LogP contribution < -0.4 is 5.32 Å². The molecule has 4 aromatic rings. The Morgan fingerprint density at radius 3 is 2.67 bits per heavy atom. The lowest BCUT2D eigenvalue weighted by molar-refractivity contribution is 0.199. The summed E-state index contributed by atoms with van der Waals surface area (Å²) >= 11 is 0. The number of para-hydroxylation sites is 2. The minimum Gasteiger partial charge on any atom is -0.460 e. The lowest BCUT2D eigenvalue weighted by atomic mass is 10.1.